The molecular formula is C13H12Cl2OS. The number of hydrogen-bond acceptors (Lipinski definition) is 2. The molecule has 0 spiro atoms. The van der Waals surface area contributed by atoms with E-state index in [1.165, 1.54) is 11.3 Å². The van der Waals surface area contributed by atoms with E-state index in [-0.39, 0.29) is 0 Å². The van der Waals surface area contributed by atoms with Crippen LogP contribution in [0.15, 0.2) is 30.3 Å². The minimum atomic E-state index is -0.585. The van der Waals surface area contributed by atoms with E-state index < -0.39 is 6.10 Å². The molecule has 0 aliphatic carbocycles. The maximum atomic E-state index is 10.1. The van der Waals surface area contributed by atoms with Crippen molar-refractivity contribution in [1.29, 1.82) is 0 Å². The van der Waals surface area contributed by atoms with Gasteiger partial charge in [0.1, 0.15) is 0 Å². The lowest BCUT2D eigenvalue weighted by molar-refractivity contribution is 0.179. The Hall–Kier alpha value is -0.540. The number of aliphatic hydroxyl groups is 1. The number of aryl methyl sites for hydroxylation is 1. The van der Waals surface area contributed by atoms with Gasteiger partial charge in [0.15, 0.2) is 0 Å². The molecule has 0 fully saturated rings. The van der Waals surface area contributed by atoms with Gasteiger partial charge in [0, 0.05) is 16.3 Å². The van der Waals surface area contributed by atoms with Crippen LogP contribution in [0, 0.1) is 6.92 Å². The van der Waals surface area contributed by atoms with E-state index >= 15 is 0 Å². The van der Waals surface area contributed by atoms with Crippen molar-refractivity contribution in [1.82, 2.24) is 0 Å². The minimum absolute atomic E-state index is 0.542. The smallest absolute Gasteiger partial charge is 0.0931 e. The molecule has 1 aromatic carbocycles. The monoisotopic (exact) mass is 286 g/mol. The summed E-state index contributed by atoms with van der Waals surface area (Å²) in [5.74, 6) is 0. The van der Waals surface area contributed by atoms with E-state index in [1.54, 1.807) is 0 Å². The zero-order valence-corrected chi connectivity index (χ0v) is 11.6. The normalized spacial score (nSPS) is 12.7. The number of thiophene rings is 1. The molecule has 0 saturated carbocycles. The Morgan fingerprint density at radius 2 is 2.00 bits per heavy atom. The average Bonchev–Trinajstić information content (AvgIpc) is 2.63. The fourth-order valence-electron chi connectivity index (χ4n) is 1.66. The first kappa shape index (κ1) is 12.9. The molecule has 1 aromatic heterocycles. The molecule has 0 amide bonds. The highest BCUT2D eigenvalue weighted by Gasteiger charge is 2.13. The van der Waals surface area contributed by atoms with Crippen LogP contribution in [0.3, 0.4) is 0 Å². The van der Waals surface area contributed by atoms with Crippen molar-refractivity contribution in [2.75, 3.05) is 0 Å². The molecule has 4 heteroatoms. The summed E-state index contributed by atoms with van der Waals surface area (Å²) in [7, 11) is 0. The van der Waals surface area contributed by atoms with E-state index in [1.807, 2.05) is 37.3 Å². The molecule has 0 bridgehead atoms. The lowest BCUT2D eigenvalue weighted by Crippen LogP contribution is -2.01. The Balaban J connectivity index is 2.17. The van der Waals surface area contributed by atoms with Crippen molar-refractivity contribution in [3.8, 4) is 0 Å². The number of hydrogen-bond donors (Lipinski definition) is 1. The summed E-state index contributed by atoms with van der Waals surface area (Å²) in [4.78, 5) is 1.05. The molecule has 2 rings (SSSR count). The van der Waals surface area contributed by atoms with Gasteiger partial charge in [0.2, 0.25) is 0 Å². The molecule has 90 valence electrons. The van der Waals surface area contributed by atoms with Gasteiger partial charge >= 0.3 is 0 Å². The summed E-state index contributed by atoms with van der Waals surface area (Å²) >= 11 is 13.4. The lowest BCUT2D eigenvalue weighted by atomic mass is 10.0. The fraction of sp³-hybridized carbons (Fsp3) is 0.231. The number of rotatable bonds is 3. The molecule has 0 aliphatic rings. The fourth-order valence-corrected chi connectivity index (χ4v) is 3.15. The van der Waals surface area contributed by atoms with Crippen LogP contribution < -0.4 is 0 Å². The van der Waals surface area contributed by atoms with E-state index in [9.17, 15) is 5.11 Å². The second kappa shape index (κ2) is 5.40. The van der Waals surface area contributed by atoms with Crippen LogP contribution in [0.4, 0.5) is 0 Å². The minimum Gasteiger partial charge on any atom is -0.388 e. The van der Waals surface area contributed by atoms with Crippen LogP contribution in [0.25, 0.3) is 0 Å². The number of aliphatic hydroxyl groups excluding tert-OH is 1. The van der Waals surface area contributed by atoms with Crippen molar-refractivity contribution < 1.29 is 5.11 Å². The van der Waals surface area contributed by atoms with Gasteiger partial charge in [-0.25, -0.2) is 0 Å². The van der Waals surface area contributed by atoms with Crippen LogP contribution >= 0.6 is 34.5 Å². The Bertz CT molecular complexity index is 522. The first-order valence-electron chi connectivity index (χ1n) is 5.24. The molecule has 1 N–H and O–H groups in total. The van der Waals surface area contributed by atoms with E-state index in [0.29, 0.717) is 11.4 Å². The number of halogens is 2. The van der Waals surface area contributed by atoms with Crippen LogP contribution in [-0.2, 0) is 6.42 Å². The Labute approximate surface area is 115 Å². The van der Waals surface area contributed by atoms with E-state index in [0.717, 1.165) is 20.3 Å². The average molecular weight is 287 g/mol. The topological polar surface area (TPSA) is 20.2 Å². The van der Waals surface area contributed by atoms with Crippen molar-refractivity contribution in [2.45, 2.75) is 19.4 Å². The van der Waals surface area contributed by atoms with E-state index in [4.69, 9.17) is 23.2 Å². The summed E-state index contributed by atoms with van der Waals surface area (Å²) in [6, 6.07) is 9.45. The molecule has 1 atom stereocenters. The van der Waals surface area contributed by atoms with Crippen molar-refractivity contribution in [3.63, 3.8) is 0 Å². The van der Waals surface area contributed by atoms with E-state index in [2.05, 4.69) is 0 Å². The van der Waals surface area contributed by atoms with Gasteiger partial charge < -0.3 is 5.11 Å². The van der Waals surface area contributed by atoms with Crippen LogP contribution in [0.2, 0.25) is 9.36 Å². The standard InChI is InChI=1S/C13H12Cl2OS/c1-8-2-4-10(11(14)6-8)12(16)7-9-3-5-13(15)17-9/h2-6,12,16H,7H2,1H3. The summed E-state index contributed by atoms with van der Waals surface area (Å²) in [5.41, 5.74) is 1.85. The van der Waals surface area contributed by atoms with Gasteiger partial charge in [-0.3, -0.25) is 0 Å². The highest BCUT2D eigenvalue weighted by Crippen LogP contribution is 2.30. The molecule has 0 radical (unpaired) electrons. The molecule has 1 heterocycles. The van der Waals surface area contributed by atoms with Gasteiger partial charge in [-0.2, -0.15) is 0 Å². The Kier molecular flexibility index (Phi) is 4.10. The van der Waals surface area contributed by atoms with Crippen molar-refractivity contribution in [3.05, 3.63) is 55.7 Å². The zero-order chi connectivity index (χ0) is 12.4. The van der Waals surface area contributed by atoms with Gasteiger partial charge in [-0.15, -0.1) is 11.3 Å². The van der Waals surface area contributed by atoms with Crippen molar-refractivity contribution in [2.24, 2.45) is 0 Å². The summed E-state index contributed by atoms with van der Waals surface area (Å²) in [5, 5.41) is 10.7. The predicted octanol–water partition coefficient (Wildman–Crippen LogP) is 4.64. The lowest BCUT2D eigenvalue weighted by Gasteiger charge is -2.12. The quantitative estimate of drug-likeness (QED) is 0.872. The summed E-state index contributed by atoms with van der Waals surface area (Å²) < 4.78 is 0.738. The first-order chi connectivity index (χ1) is 8.06. The molecule has 1 unspecified atom stereocenters. The largest absolute Gasteiger partial charge is 0.388 e. The van der Waals surface area contributed by atoms with Crippen LogP contribution in [-0.4, -0.2) is 5.11 Å². The second-order valence-electron chi connectivity index (χ2n) is 3.95. The zero-order valence-electron chi connectivity index (χ0n) is 9.28. The third-order valence-corrected chi connectivity index (χ3v) is 4.12. The maximum Gasteiger partial charge on any atom is 0.0931 e. The summed E-state index contributed by atoms with van der Waals surface area (Å²) in [6.07, 6.45) is -0.0435. The van der Waals surface area contributed by atoms with Gasteiger partial charge in [0.25, 0.3) is 0 Å². The van der Waals surface area contributed by atoms with Gasteiger partial charge in [0.05, 0.1) is 10.4 Å². The Morgan fingerprint density at radius 3 is 2.59 bits per heavy atom. The van der Waals surface area contributed by atoms with Crippen LogP contribution in [0.5, 0.6) is 0 Å². The molecule has 0 aliphatic heterocycles. The number of benzene rings is 1. The summed E-state index contributed by atoms with van der Waals surface area (Å²) in [6.45, 7) is 1.97. The van der Waals surface area contributed by atoms with Gasteiger partial charge in [-0.05, 0) is 36.2 Å². The maximum absolute atomic E-state index is 10.1. The first-order valence-corrected chi connectivity index (χ1v) is 6.82. The molecule has 0 saturated heterocycles. The predicted molar refractivity (Wildman–Crippen MR) is 74.2 cm³/mol. The highest BCUT2D eigenvalue weighted by atomic mass is 35.5. The third kappa shape index (κ3) is 3.23. The SMILES string of the molecule is Cc1ccc(C(O)Cc2ccc(Cl)s2)c(Cl)c1. The highest BCUT2D eigenvalue weighted by molar-refractivity contribution is 7.16. The second-order valence-corrected chi connectivity index (χ2v) is 6.16. The molecule has 17 heavy (non-hydrogen) atoms. The van der Waals surface area contributed by atoms with Crippen molar-refractivity contribution >= 4 is 34.5 Å². The molecule has 2 aromatic rings. The molecular weight excluding hydrogens is 275 g/mol. The third-order valence-electron chi connectivity index (χ3n) is 2.54. The Morgan fingerprint density at radius 1 is 1.24 bits per heavy atom. The van der Waals surface area contributed by atoms with Crippen LogP contribution in [0.1, 0.15) is 22.1 Å². The van der Waals surface area contributed by atoms with Gasteiger partial charge in [-0.1, -0.05) is 35.3 Å². The molecule has 1 nitrogen and oxygen atoms in total.